The maximum absolute atomic E-state index is 5.63. The van der Waals surface area contributed by atoms with Crippen LogP contribution in [0.2, 0.25) is 0 Å². The van der Waals surface area contributed by atoms with Crippen molar-refractivity contribution in [1.82, 2.24) is 0 Å². The molecule has 1 fully saturated rings. The molecule has 0 aromatic heterocycles. The highest BCUT2D eigenvalue weighted by molar-refractivity contribution is 8.00. The Bertz CT molecular complexity index is 299. The molecule has 0 amide bonds. The zero-order chi connectivity index (χ0) is 9.97. The fourth-order valence-electron chi connectivity index (χ4n) is 1.59. The highest BCUT2D eigenvalue weighted by Gasteiger charge is 2.24. The number of thioether (sulfide) groups is 1. The van der Waals surface area contributed by atoms with Crippen LogP contribution in [-0.2, 0) is 4.74 Å². The second kappa shape index (κ2) is 4.24. The number of nitrogens with two attached hydrogens (primary N) is 1. The molecule has 2 N–H and O–H groups in total. The van der Waals surface area contributed by atoms with Gasteiger partial charge >= 0.3 is 0 Å². The van der Waals surface area contributed by atoms with Crippen LogP contribution in [0, 0.1) is 0 Å². The number of hydrogen-bond acceptors (Lipinski definition) is 3. The molecular weight excluding hydrogens is 194 g/mol. The van der Waals surface area contributed by atoms with Crippen molar-refractivity contribution in [3.05, 3.63) is 24.3 Å². The monoisotopic (exact) mass is 209 g/mol. The van der Waals surface area contributed by atoms with E-state index in [0.717, 1.165) is 18.7 Å². The molecule has 1 aliphatic rings. The summed E-state index contributed by atoms with van der Waals surface area (Å²) in [5.41, 5.74) is 6.45. The Labute approximate surface area is 88.8 Å². The van der Waals surface area contributed by atoms with Gasteiger partial charge in [-0.2, -0.15) is 0 Å². The predicted molar refractivity (Wildman–Crippen MR) is 60.5 cm³/mol. The van der Waals surface area contributed by atoms with E-state index in [9.17, 15) is 0 Å². The van der Waals surface area contributed by atoms with Crippen LogP contribution in [0.1, 0.15) is 13.3 Å². The van der Waals surface area contributed by atoms with Crippen molar-refractivity contribution in [2.75, 3.05) is 12.3 Å². The number of benzene rings is 1. The largest absolute Gasteiger partial charge is 0.399 e. The third kappa shape index (κ3) is 2.22. The molecule has 1 aromatic carbocycles. The van der Waals surface area contributed by atoms with E-state index >= 15 is 0 Å². The Morgan fingerprint density at radius 2 is 2.07 bits per heavy atom. The number of nitrogen functional groups attached to an aromatic ring is 1. The zero-order valence-corrected chi connectivity index (χ0v) is 9.09. The van der Waals surface area contributed by atoms with E-state index in [4.69, 9.17) is 10.5 Å². The molecule has 76 valence electrons. The summed E-state index contributed by atoms with van der Waals surface area (Å²) in [6.45, 7) is 3.04. The fourth-order valence-corrected chi connectivity index (χ4v) is 2.72. The van der Waals surface area contributed by atoms with Gasteiger partial charge in [-0.25, -0.2) is 0 Å². The van der Waals surface area contributed by atoms with Gasteiger partial charge in [-0.05, 0) is 37.6 Å². The molecule has 0 bridgehead atoms. The molecule has 2 unspecified atom stereocenters. The Morgan fingerprint density at radius 1 is 1.36 bits per heavy atom. The molecule has 1 aliphatic heterocycles. The molecule has 0 saturated carbocycles. The average molecular weight is 209 g/mol. The van der Waals surface area contributed by atoms with Crippen molar-refractivity contribution < 1.29 is 4.74 Å². The van der Waals surface area contributed by atoms with Gasteiger partial charge in [0.1, 0.15) is 0 Å². The van der Waals surface area contributed by atoms with Gasteiger partial charge in [0.25, 0.3) is 0 Å². The summed E-state index contributed by atoms with van der Waals surface area (Å²) < 4.78 is 5.52. The summed E-state index contributed by atoms with van der Waals surface area (Å²) in [7, 11) is 0. The molecule has 1 aromatic rings. The third-order valence-corrected chi connectivity index (χ3v) is 3.94. The minimum atomic E-state index is 0.373. The van der Waals surface area contributed by atoms with Crippen molar-refractivity contribution in [3.8, 4) is 0 Å². The first-order valence-corrected chi connectivity index (χ1v) is 5.77. The van der Waals surface area contributed by atoms with E-state index < -0.39 is 0 Å². The standard InChI is InChI=1S/C11H15NOS/c1-8-11(6-7-13-8)14-10-4-2-9(12)3-5-10/h2-5,8,11H,6-7,12H2,1H3. The minimum absolute atomic E-state index is 0.373. The van der Waals surface area contributed by atoms with E-state index in [1.165, 1.54) is 4.90 Å². The molecule has 1 heterocycles. The van der Waals surface area contributed by atoms with Crippen LogP contribution in [0.25, 0.3) is 0 Å². The fraction of sp³-hybridized carbons (Fsp3) is 0.455. The molecule has 0 spiro atoms. The Hall–Kier alpha value is -0.670. The molecular formula is C11H15NOS. The van der Waals surface area contributed by atoms with Crippen LogP contribution in [0.5, 0.6) is 0 Å². The van der Waals surface area contributed by atoms with Crippen molar-refractivity contribution in [2.24, 2.45) is 0 Å². The van der Waals surface area contributed by atoms with Crippen molar-refractivity contribution in [3.63, 3.8) is 0 Å². The van der Waals surface area contributed by atoms with Gasteiger partial charge in [-0.1, -0.05) is 0 Å². The maximum Gasteiger partial charge on any atom is 0.0669 e. The highest BCUT2D eigenvalue weighted by Crippen LogP contribution is 2.32. The SMILES string of the molecule is CC1OCCC1Sc1ccc(N)cc1. The summed E-state index contributed by atoms with van der Waals surface area (Å²) in [6.07, 6.45) is 1.52. The number of hydrogen-bond donors (Lipinski definition) is 1. The highest BCUT2D eigenvalue weighted by atomic mass is 32.2. The molecule has 0 radical (unpaired) electrons. The quantitative estimate of drug-likeness (QED) is 0.760. The number of rotatable bonds is 2. The maximum atomic E-state index is 5.63. The van der Waals surface area contributed by atoms with Crippen LogP contribution in [0.3, 0.4) is 0 Å². The molecule has 2 atom stereocenters. The van der Waals surface area contributed by atoms with Gasteiger partial charge < -0.3 is 10.5 Å². The van der Waals surface area contributed by atoms with Crippen molar-refractivity contribution in [2.45, 2.75) is 29.6 Å². The Balaban J connectivity index is 2.00. The molecule has 14 heavy (non-hydrogen) atoms. The predicted octanol–water partition coefficient (Wildman–Crippen LogP) is 2.54. The van der Waals surface area contributed by atoms with E-state index in [1.807, 2.05) is 23.9 Å². The molecule has 0 aliphatic carbocycles. The average Bonchev–Trinajstić information content (AvgIpc) is 2.56. The van der Waals surface area contributed by atoms with Crippen LogP contribution >= 0.6 is 11.8 Å². The first-order valence-electron chi connectivity index (χ1n) is 4.89. The summed E-state index contributed by atoms with van der Waals surface area (Å²) in [4.78, 5) is 1.28. The van der Waals surface area contributed by atoms with E-state index in [1.54, 1.807) is 0 Å². The van der Waals surface area contributed by atoms with Gasteiger partial charge in [-0.15, -0.1) is 11.8 Å². The van der Waals surface area contributed by atoms with Crippen LogP contribution in [0.4, 0.5) is 5.69 Å². The lowest BCUT2D eigenvalue weighted by molar-refractivity contribution is 0.127. The van der Waals surface area contributed by atoms with Gasteiger partial charge in [0.15, 0.2) is 0 Å². The smallest absolute Gasteiger partial charge is 0.0669 e. The lowest BCUT2D eigenvalue weighted by atomic mass is 10.3. The summed E-state index contributed by atoms with van der Waals surface area (Å²) in [5.74, 6) is 0. The molecule has 2 rings (SSSR count). The minimum Gasteiger partial charge on any atom is -0.399 e. The third-order valence-electron chi connectivity index (χ3n) is 2.47. The first-order chi connectivity index (χ1) is 6.75. The second-order valence-electron chi connectivity index (χ2n) is 3.59. The Kier molecular flexibility index (Phi) is 2.99. The van der Waals surface area contributed by atoms with E-state index in [-0.39, 0.29) is 0 Å². The zero-order valence-electron chi connectivity index (χ0n) is 8.27. The van der Waals surface area contributed by atoms with Gasteiger partial charge in [0, 0.05) is 22.4 Å². The summed E-state index contributed by atoms with van der Waals surface area (Å²) in [6, 6.07) is 8.04. The number of anilines is 1. The summed E-state index contributed by atoms with van der Waals surface area (Å²) >= 11 is 1.89. The molecule has 2 nitrogen and oxygen atoms in total. The normalized spacial score (nSPS) is 26.6. The van der Waals surface area contributed by atoms with E-state index in [0.29, 0.717) is 11.4 Å². The van der Waals surface area contributed by atoms with Gasteiger partial charge in [0.2, 0.25) is 0 Å². The lowest BCUT2D eigenvalue weighted by Crippen LogP contribution is -2.12. The van der Waals surface area contributed by atoms with Crippen LogP contribution < -0.4 is 5.73 Å². The molecule has 3 heteroatoms. The van der Waals surface area contributed by atoms with Gasteiger partial charge in [0.05, 0.1) is 6.10 Å². The van der Waals surface area contributed by atoms with Crippen LogP contribution in [-0.4, -0.2) is 18.0 Å². The van der Waals surface area contributed by atoms with Crippen molar-refractivity contribution in [1.29, 1.82) is 0 Å². The summed E-state index contributed by atoms with van der Waals surface area (Å²) in [5, 5.41) is 0.596. The van der Waals surface area contributed by atoms with Gasteiger partial charge in [-0.3, -0.25) is 0 Å². The van der Waals surface area contributed by atoms with Crippen LogP contribution in [0.15, 0.2) is 29.2 Å². The topological polar surface area (TPSA) is 35.2 Å². The molecule has 1 saturated heterocycles. The first kappa shape index (κ1) is 9.87. The lowest BCUT2D eigenvalue weighted by Gasteiger charge is -2.13. The Morgan fingerprint density at radius 3 is 2.64 bits per heavy atom. The van der Waals surface area contributed by atoms with E-state index in [2.05, 4.69) is 19.1 Å². The number of ether oxygens (including phenoxy) is 1. The second-order valence-corrected chi connectivity index (χ2v) is 4.90. The van der Waals surface area contributed by atoms with Crippen molar-refractivity contribution >= 4 is 17.4 Å².